The van der Waals surface area contributed by atoms with Crippen LogP contribution in [0.3, 0.4) is 0 Å². The van der Waals surface area contributed by atoms with Crippen LogP contribution in [-0.4, -0.2) is 22.7 Å². The van der Waals surface area contributed by atoms with Gasteiger partial charge in [-0.15, -0.1) is 0 Å². The summed E-state index contributed by atoms with van der Waals surface area (Å²) >= 11 is 0. The predicted molar refractivity (Wildman–Crippen MR) is 77.6 cm³/mol. The maximum atomic E-state index is 5.68. The minimum absolute atomic E-state index is 0.642. The normalized spacial score (nSPS) is 10.4. The molecule has 0 aliphatic rings. The summed E-state index contributed by atoms with van der Waals surface area (Å²) < 4.78 is 7.77. The number of unbranched alkanes of at least 4 members (excludes halogenated alkanes) is 1. The van der Waals surface area contributed by atoms with E-state index in [0.29, 0.717) is 6.61 Å². The molecule has 19 heavy (non-hydrogen) atoms. The average molecular weight is 259 g/mol. The first kappa shape index (κ1) is 13.5. The van der Waals surface area contributed by atoms with Gasteiger partial charge in [-0.25, -0.2) is 4.98 Å². The molecule has 4 heteroatoms. The van der Waals surface area contributed by atoms with Crippen LogP contribution in [0.4, 0.5) is 5.95 Å². The summed E-state index contributed by atoms with van der Waals surface area (Å²) in [6, 6.07) is 9.87. The molecule has 4 nitrogen and oxygen atoms in total. The molecule has 1 heterocycles. The number of ether oxygens (including phenoxy) is 1. The molecule has 0 radical (unpaired) electrons. The van der Waals surface area contributed by atoms with Crippen LogP contribution in [0.5, 0.6) is 5.75 Å². The summed E-state index contributed by atoms with van der Waals surface area (Å²) in [7, 11) is 0. The topological polar surface area (TPSA) is 39.1 Å². The lowest BCUT2D eigenvalue weighted by molar-refractivity contribution is 0.299. The van der Waals surface area contributed by atoms with Crippen LogP contribution in [0.25, 0.3) is 0 Å². The molecule has 0 unspecified atom stereocenters. The van der Waals surface area contributed by atoms with Crippen molar-refractivity contribution in [1.29, 1.82) is 0 Å². The second kappa shape index (κ2) is 7.46. The van der Waals surface area contributed by atoms with E-state index >= 15 is 0 Å². The van der Waals surface area contributed by atoms with Gasteiger partial charge in [-0.05, 0) is 18.6 Å². The molecule has 2 aromatic rings. The van der Waals surface area contributed by atoms with Crippen LogP contribution in [0, 0.1) is 0 Å². The lowest BCUT2D eigenvalue weighted by atomic mass is 10.3. The number of anilines is 1. The van der Waals surface area contributed by atoms with E-state index in [-0.39, 0.29) is 0 Å². The quantitative estimate of drug-likeness (QED) is 0.740. The summed E-state index contributed by atoms with van der Waals surface area (Å²) in [5, 5.41) is 3.34. The fourth-order valence-corrected chi connectivity index (χ4v) is 1.81. The Hall–Kier alpha value is -1.97. The first-order valence-corrected chi connectivity index (χ1v) is 6.83. The van der Waals surface area contributed by atoms with E-state index in [1.165, 1.54) is 6.42 Å². The molecule has 1 N–H and O–H groups in total. The fraction of sp³-hybridized carbons (Fsp3) is 0.400. The van der Waals surface area contributed by atoms with Gasteiger partial charge in [-0.2, -0.15) is 0 Å². The van der Waals surface area contributed by atoms with Crippen molar-refractivity contribution in [1.82, 2.24) is 9.55 Å². The number of nitrogens with zero attached hydrogens (tertiary/aromatic N) is 2. The second-order valence-corrected chi connectivity index (χ2v) is 4.39. The first-order valence-electron chi connectivity index (χ1n) is 6.83. The lowest BCUT2D eigenvalue weighted by Gasteiger charge is -2.10. The van der Waals surface area contributed by atoms with E-state index in [2.05, 4.69) is 21.8 Å². The van der Waals surface area contributed by atoms with E-state index in [0.717, 1.165) is 31.2 Å². The van der Waals surface area contributed by atoms with Crippen molar-refractivity contribution in [2.75, 3.05) is 18.5 Å². The highest BCUT2D eigenvalue weighted by Gasteiger charge is 2.01. The molecule has 0 bridgehead atoms. The molecule has 0 aliphatic heterocycles. The minimum Gasteiger partial charge on any atom is -0.492 e. The van der Waals surface area contributed by atoms with E-state index in [9.17, 15) is 0 Å². The van der Waals surface area contributed by atoms with Crippen LogP contribution in [0.15, 0.2) is 42.7 Å². The number of benzene rings is 1. The number of hydrogen-bond acceptors (Lipinski definition) is 3. The molecular weight excluding hydrogens is 238 g/mol. The molecule has 0 saturated carbocycles. The van der Waals surface area contributed by atoms with Crippen LogP contribution in [-0.2, 0) is 6.54 Å². The summed E-state index contributed by atoms with van der Waals surface area (Å²) in [5.41, 5.74) is 0. The van der Waals surface area contributed by atoms with Gasteiger partial charge in [0.1, 0.15) is 12.4 Å². The Morgan fingerprint density at radius 1 is 1.26 bits per heavy atom. The van der Waals surface area contributed by atoms with Crippen LogP contribution < -0.4 is 10.1 Å². The zero-order chi connectivity index (χ0) is 13.3. The Morgan fingerprint density at radius 2 is 2.11 bits per heavy atom. The third kappa shape index (κ3) is 4.32. The van der Waals surface area contributed by atoms with Gasteiger partial charge in [0.25, 0.3) is 0 Å². The van der Waals surface area contributed by atoms with Gasteiger partial charge >= 0.3 is 0 Å². The molecule has 0 amide bonds. The van der Waals surface area contributed by atoms with Crippen molar-refractivity contribution in [3.8, 4) is 5.75 Å². The molecule has 0 spiro atoms. The number of hydrogen-bond donors (Lipinski definition) is 1. The molecule has 1 aromatic heterocycles. The minimum atomic E-state index is 0.642. The van der Waals surface area contributed by atoms with Crippen molar-refractivity contribution in [3.05, 3.63) is 42.7 Å². The smallest absolute Gasteiger partial charge is 0.202 e. The second-order valence-electron chi connectivity index (χ2n) is 4.39. The Labute approximate surface area is 114 Å². The summed E-state index contributed by atoms with van der Waals surface area (Å²) in [6.07, 6.45) is 6.14. The first-order chi connectivity index (χ1) is 9.40. The lowest BCUT2D eigenvalue weighted by Crippen LogP contribution is -2.12. The molecule has 1 aromatic carbocycles. The van der Waals surface area contributed by atoms with Crippen molar-refractivity contribution in [3.63, 3.8) is 0 Å². The zero-order valence-corrected chi connectivity index (χ0v) is 11.4. The van der Waals surface area contributed by atoms with Gasteiger partial charge in [0.15, 0.2) is 0 Å². The number of para-hydroxylation sites is 1. The number of rotatable bonds is 8. The molecule has 0 atom stereocenters. The zero-order valence-electron chi connectivity index (χ0n) is 11.4. The number of nitrogens with one attached hydrogen (secondary N) is 1. The molecule has 0 aliphatic carbocycles. The third-order valence-electron chi connectivity index (χ3n) is 2.87. The summed E-state index contributed by atoms with van der Waals surface area (Å²) in [6.45, 7) is 4.58. The highest BCUT2D eigenvalue weighted by atomic mass is 16.5. The van der Waals surface area contributed by atoms with Gasteiger partial charge in [-0.1, -0.05) is 31.5 Å². The van der Waals surface area contributed by atoms with Crippen LogP contribution in [0.2, 0.25) is 0 Å². The highest BCUT2D eigenvalue weighted by molar-refractivity contribution is 5.25. The maximum absolute atomic E-state index is 5.68. The van der Waals surface area contributed by atoms with Crippen molar-refractivity contribution in [2.45, 2.75) is 26.3 Å². The Balaban J connectivity index is 1.78. The fourth-order valence-electron chi connectivity index (χ4n) is 1.81. The molecule has 0 saturated heterocycles. The number of aromatic nitrogens is 2. The summed E-state index contributed by atoms with van der Waals surface area (Å²) in [4.78, 5) is 4.31. The van der Waals surface area contributed by atoms with Crippen LogP contribution in [0.1, 0.15) is 19.8 Å². The monoisotopic (exact) mass is 259 g/mol. The third-order valence-corrected chi connectivity index (χ3v) is 2.87. The highest BCUT2D eigenvalue weighted by Crippen LogP contribution is 2.09. The number of imidazole rings is 1. The predicted octanol–water partition coefficient (Wildman–Crippen LogP) is 3.17. The molecule has 102 valence electrons. The van der Waals surface area contributed by atoms with Gasteiger partial charge in [-0.3, -0.25) is 0 Å². The van der Waals surface area contributed by atoms with Crippen molar-refractivity contribution < 1.29 is 4.74 Å². The molecule has 2 rings (SSSR count). The van der Waals surface area contributed by atoms with Gasteiger partial charge in [0, 0.05) is 18.9 Å². The van der Waals surface area contributed by atoms with E-state index in [1.807, 2.05) is 42.7 Å². The molecule has 0 fully saturated rings. The van der Waals surface area contributed by atoms with Crippen molar-refractivity contribution in [2.24, 2.45) is 0 Å². The van der Waals surface area contributed by atoms with E-state index in [4.69, 9.17) is 4.74 Å². The van der Waals surface area contributed by atoms with E-state index < -0.39 is 0 Å². The average Bonchev–Trinajstić information content (AvgIpc) is 2.88. The van der Waals surface area contributed by atoms with E-state index in [1.54, 1.807) is 0 Å². The Kier molecular flexibility index (Phi) is 5.29. The standard InChI is InChI=1S/C15H21N3O/c1-2-3-9-16-15-17-10-11-18(15)12-13-19-14-7-5-4-6-8-14/h4-8,10-11H,2-3,9,12-13H2,1H3,(H,16,17). The van der Waals surface area contributed by atoms with Gasteiger partial charge in [0.05, 0.1) is 6.54 Å². The maximum Gasteiger partial charge on any atom is 0.202 e. The summed E-state index contributed by atoms with van der Waals surface area (Å²) in [5.74, 6) is 1.83. The van der Waals surface area contributed by atoms with Gasteiger partial charge in [0.2, 0.25) is 5.95 Å². The van der Waals surface area contributed by atoms with Crippen LogP contribution >= 0.6 is 0 Å². The largest absolute Gasteiger partial charge is 0.492 e. The SMILES string of the molecule is CCCCNc1nccn1CCOc1ccccc1. The van der Waals surface area contributed by atoms with Crippen molar-refractivity contribution >= 4 is 5.95 Å². The Bertz CT molecular complexity index is 467. The molecular formula is C15H21N3O. The Morgan fingerprint density at radius 3 is 2.89 bits per heavy atom. The van der Waals surface area contributed by atoms with Gasteiger partial charge < -0.3 is 14.6 Å².